The topological polar surface area (TPSA) is 15.7 Å². The zero-order valence-corrected chi connectivity index (χ0v) is 10.7. The summed E-state index contributed by atoms with van der Waals surface area (Å²) in [6.07, 6.45) is 5.58. The predicted molar refractivity (Wildman–Crippen MR) is 66.8 cm³/mol. The molecule has 16 heavy (non-hydrogen) atoms. The van der Waals surface area contributed by atoms with E-state index < -0.39 is 0 Å². The number of rotatable bonds is 4. The van der Waals surface area contributed by atoms with Crippen molar-refractivity contribution in [2.24, 2.45) is 0 Å². The Kier molecular flexibility index (Phi) is 5.07. The number of piperidine rings is 1. The minimum Gasteiger partial charge on any atom is -0.379 e. The molecular formula is C13H26N2O. The van der Waals surface area contributed by atoms with Crippen LogP contribution in [0.15, 0.2) is 0 Å². The molecule has 0 N–H and O–H groups in total. The van der Waals surface area contributed by atoms with Crippen molar-refractivity contribution in [3.63, 3.8) is 0 Å². The highest BCUT2D eigenvalue weighted by Gasteiger charge is 2.21. The third-order valence-electron chi connectivity index (χ3n) is 4.03. The molecule has 0 aliphatic carbocycles. The van der Waals surface area contributed by atoms with Crippen LogP contribution in [0.4, 0.5) is 0 Å². The lowest BCUT2D eigenvalue weighted by Crippen LogP contribution is -2.46. The average Bonchev–Trinajstić information content (AvgIpc) is 2.38. The first-order valence-electron chi connectivity index (χ1n) is 6.94. The SMILES string of the molecule is CCC1CCCCN1CCN1CCOCC1. The van der Waals surface area contributed by atoms with Crippen LogP contribution in [0.3, 0.4) is 0 Å². The van der Waals surface area contributed by atoms with E-state index in [1.165, 1.54) is 45.3 Å². The van der Waals surface area contributed by atoms with E-state index in [1.807, 2.05) is 0 Å². The second kappa shape index (κ2) is 6.58. The molecule has 0 aromatic heterocycles. The molecule has 0 amide bonds. The lowest BCUT2D eigenvalue weighted by atomic mass is 10.0. The van der Waals surface area contributed by atoms with Crippen molar-refractivity contribution < 1.29 is 4.74 Å². The number of hydrogen-bond donors (Lipinski definition) is 0. The van der Waals surface area contributed by atoms with Crippen molar-refractivity contribution in [1.82, 2.24) is 9.80 Å². The first kappa shape index (κ1) is 12.3. The van der Waals surface area contributed by atoms with Crippen LogP contribution in [0.25, 0.3) is 0 Å². The predicted octanol–water partition coefficient (Wildman–Crippen LogP) is 1.58. The molecule has 0 saturated carbocycles. The second-order valence-corrected chi connectivity index (χ2v) is 5.05. The van der Waals surface area contributed by atoms with Crippen molar-refractivity contribution in [2.75, 3.05) is 45.9 Å². The summed E-state index contributed by atoms with van der Waals surface area (Å²) in [6.45, 7) is 10.3. The molecule has 2 aliphatic heterocycles. The zero-order chi connectivity index (χ0) is 11.2. The Bertz CT molecular complexity index is 192. The number of ether oxygens (including phenoxy) is 1. The van der Waals surface area contributed by atoms with E-state index >= 15 is 0 Å². The van der Waals surface area contributed by atoms with Crippen LogP contribution in [0.2, 0.25) is 0 Å². The number of hydrogen-bond acceptors (Lipinski definition) is 3. The van der Waals surface area contributed by atoms with Gasteiger partial charge in [0.05, 0.1) is 13.2 Å². The largest absolute Gasteiger partial charge is 0.379 e. The zero-order valence-electron chi connectivity index (χ0n) is 10.7. The van der Waals surface area contributed by atoms with Gasteiger partial charge in [-0.15, -0.1) is 0 Å². The molecule has 2 heterocycles. The summed E-state index contributed by atoms with van der Waals surface area (Å²) in [5, 5.41) is 0. The van der Waals surface area contributed by atoms with Crippen molar-refractivity contribution in [1.29, 1.82) is 0 Å². The van der Waals surface area contributed by atoms with Gasteiger partial charge in [-0.25, -0.2) is 0 Å². The Morgan fingerprint density at radius 2 is 1.88 bits per heavy atom. The fraction of sp³-hybridized carbons (Fsp3) is 1.00. The van der Waals surface area contributed by atoms with Crippen molar-refractivity contribution in [2.45, 2.75) is 38.6 Å². The van der Waals surface area contributed by atoms with E-state index in [1.54, 1.807) is 0 Å². The molecule has 0 spiro atoms. The van der Waals surface area contributed by atoms with Crippen molar-refractivity contribution in [3.8, 4) is 0 Å². The van der Waals surface area contributed by atoms with E-state index in [4.69, 9.17) is 4.74 Å². The van der Waals surface area contributed by atoms with E-state index in [-0.39, 0.29) is 0 Å². The lowest BCUT2D eigenvalue weighted by molar-refractivity contribution is 0.0281. The Labute approximate surface area is 99.7 Å². The van der Waals surface area contributed by atoms with Gasteiger partial charge < -0.3 is 4.74 Å². The standard InChI is InChI=1S/C13H26N2O/c1-2-13-5-3-4-6-15(13)8-7-14-9-11-16-12-10-14/h13H,2-12H2,1H3. The van der Waals surface area contributed by atoms with Gasteiger partial charge in [0.25, 0.3) is 0 Å². The Morgan fingerprint density at radius 3 is 2.62 bits per heavy atom. The third-order valence-corrected chi connectivity index (χ3v) is 4.03. The molecule has 2 rings (SSSR count). The van der Waals surface area contributed by atoms with Gasteiger partial charge in [0, 0.05) is 32.2 Å². The summed E-state index contributed by atoms with van der Waals surface area (Å²) in [7, 11) is 0. The van der Waals surface area contributed by atoms with E-state index in [0.717, 1.165) is 32.3 Å². The van der Waals surface area contributed by atoms with Gasteiger partial charge in [-0.2, -0.15) is 0 Å². The van der Waals surface area contributed by atoms with Crippen LogP contribution in [0.1, 0.15) is 32.6 Å². The van der Waals surface area contributed by atoms with Crippen LogP contribution in [-0.2, 0) is 4.74 Å². The Hall–Kier alpha value is -0.120. The molecule has 2 fully saturated rings. The molecule has 0 bridgehead atoms. The summed E-state index contributed by atoms with van der Waals surface area (Å²) in [5.74, 6) is 0. The first-order valence-corrected chi connectivity index (χ1v) is 6.94. The molecule has 94 valence electrons. The molecule has 2 aliphatic rings. The number of likely N-dealkylation sites (tertiary alicyclic amines) is 1. The summed E-state index contributed by atoms with van der Waals surface area (Å²) < 4.78 is 5.38. The monoisotopic (exact) mass is 226 g/mol. The Morgan fingerprint density at radius 1 is 1.06 bits per heavy atom. The smallest absolute Gasteiger partial charge is 0.0594 e. The minimum atomic E-state index is 0.856. The van der Waals surface area contributed by atoms with Gasteiger partial charge in [-0.05, 0) is 25.8 Å². The molecule has 1 unspecified atom stereocenters. The maximum atomic E-state index is 5.38. The number of nitrogens with zero attached hydrogens (tertiary/aromatic N) is 2. The van der Waals surface area contributed by atoms with Crippen molar-refractivity contribution >= 4 is 0 Å². The number of morpholine rings is 1. The van der Waals surface area contributed by atoms with Crippen molar-refractivity contribution in [3.05, 3.63) is 0 Å². The van der Waals surface area contributed by atoms with E-state index in [9.17, 15) is 0 Å². The molecule has 0 aromatic rings. The van der Waals surface area contributed by atoms with Gasteiger partial charge in [-0.1, -0.05) is 13.3 Å². The fourth-order valence-corrected chi connectivity index (χ4v) is 2.91. The molecule has 0 radical (unpaired) electrons. The van der Waals surface area contributed by atoms with Gasteiger partial charge in [0.1, 0.15) is 0 Å². The summed E-state index contributed by atoms with van der Waals surface area (Å²) in [6, 6.07) is 0.856. The van der Waals surface area contributed by atoms with E-state index in [2.05, 4.69) is 16.7 Å². The quantitative estimate of drug-likeness (QED) is 0.724. The molecule has 3 heteroatoms. The lowest BCUT2D eigenvalue weighted by Gasteiger charge is -2.37. The highest BCUT2D eigenvalue weighted by Crippen LogP contribution is 2.18. The highest BCUT2D eigenvalue weighted by molar-refractivity contribution is 4.77. The van der Waals surface area contributed by atoms with Crippen LogP contribution in [-0.4, -0.2) is 61.8 Å². The highest BCUT2D eigenvalue weighted by atomic mass is 16.5. The average molecular weight is 226 g/mol. The minimum absolute atomic E-state index is 0.856. The van der Waals surface area contributed by atoms with Crippen LogP contribution >= 0.6 is 0 Å². The summed E-state index contributed by atoms with van der Waals surface area (Å²) >= 11 is 0. The van der Waals surface area contributed by atoms with Gasteiger partial charge in [-0.3, -0.25) is 9.80 Å². The molecular weight excluding hydrogens is 200 g/mol. The summed E-state index contributed by atoms with van der Waals surface area (Å²) in [4.78, 5) is 5.25. The maximum absolute atomic E-state index is 5.38. The van der Waals surface area contributed by atoms with Gasteiger partial charge in [0.15, 0.2) is 0 Å². The Balaban J connectivity index is 1.70. The van der Waals surface area contributed by atoms with Gasteiger partial charge in [0.2, 0.25) is 0 Å². The first-order chi connectivity index (χ1) is 7.90. The second-order valence-electron chi connectivity index (χ2n) is 5.05. The van der Waals surface area contributed by atoms with Gasteiger partial charge >= 0.3 is 0 Å². The van der Waals surface area contributed by atoms with Crippen LogP contribution < -0.4 is 0 Å². The molecule has 1 atom stereocenters. The fourth-order valence-electron chi connectivity index (χ4n) is 2.91. The molecule has 0 aromatic carbocycles. The van der Waals surface area contributed by atoms with Crippen LogP contribution in [0, 0.1) is 0 Å². The molecule has 2 saturated heterocycles. The molecule has 3 nitrogen and oxygen atoms in total. The normalized spacial score (nSPS) is 29.4. The van der Waals surface area contributed by atoms with Crippen LogP contribution in [0.5, 0.6) is 0 Å². The third kappa shape index (κ3) is 3.44. The summed E-state index contributed by atoms with van der Waals surface area (Å²) in [5.41, 5.74) is 0. The van der Waals surface area contributed by atoms with E-state index in [0.29, 0.717) is 0 Å². The maximum Gasteiger partial charge on any atom is 0.0594 e.